The van der Waals surface area contributed by atoms with E-state index in [0.29, 0.717) is 18.8 Å². The first kappa shape index (κ1) is 17.4. The maximum atomic E-state index is 12.9. The van der Waals surface area contributed by atoms with Gasteiger partial charge in [0.05, 0.1) is 6.04 Å². The van der Waals surface area contributed by atoms with Gasteiger partial charge < -0.3 is 11.1 Å². The van der Waals surface area contributed by atoms with Gasteiger partial charge in [-0.3, -0.25) is 9.69 Å². The third-order valence-corrected chi connectivity index (χ3v) is 4.45. The number of carbonyl (C=O) groups excluding carboxylic acids is 1. The fourth-order valence-corrected chi connectivity index (χ4v) is 3.26. The van der Waals surface area contributed by atoms with E-state index in [0.717, 1.165) is 12.1 Å². The molecule has 0 radical (unpaired) electrons. The quantitative estimate of drug-likeness (QED) is 0.902. The van der Waals surface area contributed by atoms with E-state index in [1.54, 1.807) is 6.20 Å². The molecule has 0 aliphatic carbocycles. The van der Waals surface area contributed by atoms with E-state index < -0.39 is 0 Å². The summed E-state index contributed by atoms with van der Waals surface area (Å²) in [6.07, 6.45) is 2.40. The summed E-state index contributed by atoms with van der Waals surface area (Å²) >= 11 is 0. The average Bonchev–Trinajstić information content (AvgIpc) is 2.54. The number of nitrogen functional groups attached to an aromatic ring is 1. The summed E-state index contributed by atoms with van der Waals surface area (Å²) < 4.78 is 0. The minimum Gasteiger partial charge on any atom is -0.383 e. The normalized spacial score (nSPS) is 17.8. The Bertz CT molecular complexity index is 766. The smallest absolute Gasteiger partial charge is 0.238 e. The van der Waals surface area contributed by atoms with Gasteiger partial charge in [-0.2, -0.15) is 0 Å². The molecule has 0 spiro atoms. The molecule has 132 valence electrons. The van der Waals surface area contributed by atoms with Crippen LogP contribution in [0.4, 0.5) is 5.82 Å². The van der Waals surface area contributed by atoms with Crippen LogP contribution in [0.3, 0.4) is 0 Å². The number of nitrogens with two attached hydrogens (primary N) is 1. The number of hydrogen-bond donors (Lipinski definition) is 2. The maximum absolute atomic E-state index is 12.9. The molecular formula is C20H26N4O. The molecule has 25 heavy (non-hydrogen) atoms. The van der Waals surface area contributed by atoms with Gasteiger partial charge in [-0.1, -0.05) is 30.3 Å². The predicted molar refractivity (Wildman–Crippen MR) is 99.7 cm³/mol. The number of fused-ring (bicyclic) bond motifs is 1. The number of hydrogen-bond acceptors (Lipinski definition) is 4. The topological polar surface area (TPSA) is 71.2 Å². The number of pyridine rings is 1. The Kier molecular flexibility index (Phi) is 4.77. The molecule has 1 aliphatic heterocycles. The van der Waals surface area contributed by atoms with E-state index >= 15 is 0 Å². The van der Waals surface area contributed by atoms with Crippen LogP contribution in [0.2, 0.25) is 0 Å². The molecular weight excluding hydrogens is 312 g/mol. The van der Waals surface area contributed by atoms with Crippen LogP contribution in [-0.4, -0.2) is 27.4 Å². The molecule has 3 rings (SSSR count). The summed E-state index contributed by atoms with van der Waals surface area (Å²) in [5, 5.41) is 3.12. The Morgan fingerprint density at radius 3 is 2.64 bits per heavy atom. The monoisotopic (exact) mass is 338 g/mol. The minimum absolute atomic E-state index is 0.0597. The first-order valence-electron chi connectivity index (χ1n) is 8.66. The van der Waals surface area contributed by atoms with Gasteiger partial charge in [0.2, 0.25) is 5.91 Å². The van der Waals surface area contributed by atoms with Gasteiger partial charge in [-0.05, 0) is 44.4 Å². The molecule has 0 fully saturated rings. The van der Waals surface area contributed by atoms with Crippen molar-refractivity contribution in [3.8, 4) is 0 Å². The predicted octanol–water partition coefficient (Wildman–Crippen LogP) is 2.51. The van der Waals surface area contributed by atoms with Crippen LogP contribution in [0.25, 0.3) is 0 Å². The molecule has 5 heteroatoms. The van der Waals surface area contributed by atoms with Crippen LogP contribution in [0, 0.1) is 0 Å². The fraction of sp³-hybridized carbons (Fsp3) is 0.400. The third-order valence-electron chi connectivity index (χ3n) is 4.45. The van der Waals surface area contributed by atoms with E-state index in [2.05, 4.69) is 27.3 Å². The van der Waals surface area contributed by atoms with Gasteiger partial charge >= 0.3 is 0 Å². The minimum atomic E-state index is -0.257. The summed E-state index contributed by atoms with van der Waals surface area (Å²) in [6.45, 7) is 7.35. The van der Waals surface area contributed by atoms with Crippen molar-refractivity contribution in [1.82, 2.24) is 15.2 Å². The highest BCUT2D eigenvalue weighted by molar-refractivity contribution is 5.83. The van der Waals surface area contributed by atoms with E-state index in [9.17, 15) is 4.79 Å². The van der Waals surface area contributed by atoms with Crippen molar-refractivity contribution in [2.75, 3.05) is 5.73 Å². The summed E-state index contributed by atoms with van der Waals surface area (Å²) in [5.41, 5.74) is 9.23. The Morgan fingerprint density at radius 1 is 1.24 bits per heavy atom. The molecule has 5 nitrogen and oxygen atoms in total. The van der Waals surface area contributed by atoms with Crippen LogP contribution >= 0.6 is 0 Å². The zero-order chi connectivity index (χ0) is 18.0. The molecule has 0 saturated carbocycles. The lowest BCUT2D eigenvalue weighted by atomic mass is 9.92. The van der Waals surface area contributed by atoms with Crippen LogP contribution in [0.1, 0.15) is 37.5 Å². The van der Waals surface area contributed by atoms with E-state index in [1.165, 1.54) is 11.1 Å². The number of benzene rings is 1. The van der Waals surface area contributed by atoms with Gasteiger partial charge in [-0.25, -0.2) is 4.98 Å². The number of nitrogens with zero attached hydrogens (tertiary/aromatic N) is 2. The van der Waals surface area contributed by atoms with Gasteiger partial charge in [-0.15, -0.1) is 0 Å². The molecule has 0 unspecified atom stereocenters. The zero-order valence-corrected chi connectivity index (χ0v) is 15.1. The van der Waals surface area contributed by atoms with Crippen LogP contribution in [0.5, 0.6) is 0 Å². The Morgan fingerprint density at radius 2 is 1.96 bits per heavy atom. The highest BCUT2D eigenvalue weighted by atomic mass is 16.2. The van der Waals surface area contributed by atoms with Crippen LogP contribution < -0.4 is 11.1 Å². The molecule has 3 N–H and O–H groups in total. The molecule has 0 bridgehead atoms. The maximum Gasteiger partial charge on any atom is 0.238 e. The van der Waals surface area contributed by atoms with Gasteiger partial charge in [0.15, 0.2) is 0 Å². The summed E-state index contributed by atoms with van der Waals surface area (Å²) in [4.78, 5) is 19.3. The third kappa shape index (κ3) is 4.17. The standard InChI is InChI=1S/C20H26N4O/c1-20(2,3)23-19(25)17-11-14-7-4-5-8-15(14)12-24(17)13-16-9-6-10-22-18(16)21/h4-10,17H,11-13H2,1-3H3,(H2,21,22)(H,23,25)/t17-/m0/s1. The highest BCUT2D eigenvalue weighted by Crippen LogP contribution is 2.26. The zero-order valence-electron chi connectivity index (χ0n) is 15.1. The molecule has 1 aromatic heterocycles. The summed E-state index contributed by atoms with van der Waals surface area (Å²) in [6, 6.07) is 12.0. The SMILES string of the molecule is CC(C)(C)NC(=O)[C@@H]1Cc2ccccc2CN1Cc1cccnc1N. The summed E-state index contributed by atoms with van der Waals surface area (Å²) in [5.74, 6) is 0.584. The molecule has 1 atom stereocenters. The van der Waals surface area contributed by atoms with Crippen molar-refractivity contribution in [3.63, 3.8) is 0 Å². The largest absolute Gasteiger partial charge is 0.383 e. The lowest BCUT2D eigenvalue weighted by Crippen LogP contribution is -2.54. The number of aromatic nitrogens is 1. The van der Waals surface area contributed by atoms with Crippen molar-refractivity contribution in [3.05, 3.63) is 59.3 Å². The molecule has 2 heterocycles. The molecule has 1 amide bonds. The van der Waals surface area contributed by atoms with E-state index in [4.69, 9.17) is 5.73 Å². The number of rotatable bonds is 3. The Labute approximate surface area is 149 Å². The fourth-order valence-electron chi connectivity index (χ4n) is 3.26. The average molecular weight is 338 g/mol. The molecule has 1 aromatic carbocycles. The lowest BCUT2D eigenvalue weighted by molar-refractivity contribution is -0.128. The highest BCUT2D eigenvalue weighted by Gasteiger charge is 2.33. The lowest BCUT2D eigenvalue weighted by Gasteiger charge is -2.37. The Hall–Kier alpha value is -2.40. The second kappa shape index (κ2) is 6.84. The first-order chi connectivity index (χ1) is 11.8. The molecule has 0 saturated heterocycles. The molecule has 2 aromatic rings. The van der Waals surface area contributed by atoms with Gasteiger partial charge in [0.25, 0.3) is 0 Å². The van der Waals surface area contributed by atoms with Crippen molar-refractivity contribution in [2.45, 2.75) is 51.9 Å². The van der Waals surface area contributed by atoms with Crippen LogP contribution in [0.15, 0.2) is 42.6 Å². The number of nitrogens with one attached hydrogen (secondary N) is 1. The van der Waals surface area contributed by atoms with Crippen molar-refractivity contribution in [2.24, 2.45) is 0 Å². The van der Waals surface area contributed by atoms with Crippen LogP contribution in [-0.2, 0) is 24.3 Å². The van der Waals surface area contributed by atoms with Crippen molar-refractivity contribution < 1.29 is 4.79 Å². The van der Waals surface area contributed by atoms with Crippen molar-refractivity contribution in [1.29, 1.82) is 0 Å². The molecule has 1 aliphatic rings. The second-order valence-electron chi connectivity index (χ2n) is 7.68. The Balaban J connectivity index is 1.89. The number of anilines is 1. The van der Waals surface area contributed by atoms with Gasteiger partial charge in [0, 0.05) is 30.4 Å². The van der Waals surface area contributed by atoms with E-state index in [-0.39, 0.29) is 17.5 Å². The number of carbonyl (C=O) groups is 1. The summed E-state index contributed by atoms with van der Waals surface area (Å²) in [7, 11) is 0. The van der Waals surface area contributed by atoms with Gasteiger partial charge in [0.1, 0.15) is 5.82 Å². The van der Waals surface area contributed by atoms with E-state index in [1.807, 2.05) is 45.0 Å². The van der Waals surface area contributed by atoms with Crippen molar-refractivity contribution >= 4 is 11.7 Å². The second-order valence-corrected chi connectivity index (χ2v) is 7.68. The first-order valence-corrected chi connectivity index (χ1v) is 8.66. The number of amides is 1.